The molecule has 1 fully saturated rings. The first-order chi connectivity index (χ1) is 15.7. The van der Waals surface area contributed by atoms with E-state index in [1.807, 2.05) is 13.0 Å². The molecule has 176 valence electrons. The van der Waals surface area contributed by atoms with Crippen LogP contribution in [0.3, 0.4) is 0 Å². The molecule has 0 saturated heterocycles. The summed E-state index contributed by atoms with van der Waals surface area (Å²) >= 11 is 0. The van der Waals surface area contributed by atoms with Crippen LogP contribution >= 0.6 is 0 Å². The topological polar surface area (TPSA) is 82.3 Å². The van der Waals surface area contributed by atoms with Crippen LogP contribution in [0.1, 0.15) is 61.5 Å². The molecule has 0 amide bonds. The third kappa shape index (κ3) is 5.09. The Morgan fingerprint density at radius 1 is 1.15 bits per heavy atom. The lowest BCUT2D eigenvalue weighted by Crippen LogP contribution is -2.22. The lowest BCUT2D eigenvalue weighted by atomic mass is 9.86. The Morgan fingerprint density at radius 3 is 2.61 bits per heavy atom. The van der Waals surface area contributed by atoms with Gasteiger partial charge in [-0.2, -0.15) is 0 Å². The summed E-state index contributed by atoms with van der Waals surface area (Å²) in [5, 5.41) is 30.8. The van der Waals surface area contributed by atoms with Crippen LogP contribution in [0.5, 0.6) is 17.2 Å². The summed E-state index contributed by atoms with van der Waals surface area (Å²) in [4.78, 5) is 4.20. The van der Waals surface area contributed by atoms with Crippen LogP contribution in [0.4, 0.5) is 0 Å². The van der Waals surface area contributed by atoms with Gasteiger partial charge in [0.15, 0.2) is 0 Å². The molecule has 0 aromatic heterocycles. The quantitative estimate of drug-likeness (QED) is 0.513. The molecule has 0 radical (unpaired) electrons. The molecule has 5 nitrogen and oxygen atoms in total. The maximum absolute atomic E-state index is 10.5. The second-order valence-corrected chi connectivity index (χ2v) is 9.80. The lowest BCUT2D eigenvalue weighted by Gasteiger charge is -2.27. The largest absolute Gasteiger partial charge is 0.508 e. The zero-order valence-electron chi connectivity index (χ0n) is 20.0. The molecule has 0 bridgehead atoms. The predicted molar refractivity (Wildman–Crippen MR) is 131 cm³/mol. The summed E-state index contributed by atoms with van der Waals surface area (Å²) in [5.74, 6) is 1.48. The van der Waals surface area contributed by atoms with Gasteiger partial charge in [-0.3, -0.25) is 4.99 Å². The fourth-order valence-electron chi connectivity index (χ4n) is 5.54. The Kier molecular flexibility index (Phi) is 6.80. The molecule has 3 N–H and O–H groups in total. The molecule has 0 aliphatic heterocycles. The van der Waals surface area contributed by atoms with Crippen LogP contribution in [-0.4, -0.2) is 34.2 Å². The van der Waals surface area contributed by atoms with Gasteiger partial charge in [-0.15, -0.1) is 0 Å². The van der Waals surface area contributed by atoms with E-state index in [1.54, 1.807) is 13.1 Å². The van der Waals surface area contributed by atoms with Crippen molar-refractivity contribution in [3.8, 4) is 17.2 Å². The second-order valence-electron chi connectivity index (χ2n) is 9.80. The molecule has 4 atom stereocenters. The van der Waals surface area contributed by atoms with Crippen molar-refractivity contribution in [1.29, 1.82) is 0 Å². The SMILES string of the molecule is CN=C(C)/C=C(/C)Cc1ccc(O[C@H]2c3cc(O)cc(O)c3C[C@@H]2C2CC[C@@H](O)C2)c(C)c1. The Hall–Kier alpha value is -2.79. The number of ether oxygens (including phenoxy) is 1. The number of hydrogen-bond acceptors (Lipinski definition) is 5. The molecular formula is C28H35NO4. The molecule has 4 rings (SSSR count). The number of phenolic OH excluding ortho intramolecular Hbond substituents is 2. The van der Waals surface area contributed by atoms with Gasteiger partial charge in [-0.05, 0) is 88.1 Å². The molecule has 5 heteroatoms. The average molecular weight is 450 g/mol. The van der Waals surface area contributed by atoms with E-state index >= 15 is 0 Å². The number of rotatable bonds is 6. The summed E-state index contributed by atoms with van der Waals surface area (Å²) < 4.78 is 6.61. The first-order valence-electron chi connectivity index (χ1n) is 11.8. The Bertz CT molecular complexity index is 1090. The number of fused-ring (bicyclic) bond motifs is 1. The summed E-state index contributed by atoms with van der Waals surface area (Å²) in [7, 11) is 1.80. The molecule has 2 aliphatic rings. The molecule has 33 heavy (non-hydrogen) atoms. The average Bonchev–Trinajstić information content (AvgIpc) is 3.33. The fourth-order valence-corrected chi connectivity index (χ4v) is 5.54. The van der Waals surface area contributed by atoms with E-state index in [2.05, 4.69) is 37.0 Å². The normalized spacial score (nSPS) is 25.4. The third-order valence-electron chi connectivity index (χ3n) is 7.22. The molecule has 0 heterocycles. The molecule has 2 aromatic rings. The van der Waals surface area contributed by atoms with Crippen molar-refractivity contribution in [1.82, 2.24) is 0 Å². The summed E-state index contributed by atoms with van der Waals surface area (Å²) in [6, 6.07) is 9.42. The number of aliphatic hydroxyl groups excluding tert-OH is 1. The molecule has 2 aromatic carbocycles. The van der Waals surface area contributed by atoms with Crippen LogP contribution < -0.4 is 4.74 Å². The van der Waals surface area contributed by atoms with Gasteiger partial charge in [0.2, 0.25) is 0 Å². The van der Waals surface area contributed by atoms with Gasteiger partial charge >= 0.3 is 0 Å². The van der Waals surface area contributed by atoms with Crippen molar-refractivity contribution in [3.05, 3.63) is 64.2 Å². The number of hydrogen-bond donors (Lipinski definition) is 3. The molecule has 2 aliphatic carbocycles. The number of phenols is 2. The van der Waals surface area contributed by atoms with Crippen molar-refractivity contribution in [3.63, 3.8) is 0 Å². The van der Waals surface area contributed by atoms with Crippen molar-refractivity contribution in [2.24, 2.45) is 16.8 Å². The van der Waals surface area contributed by atoms with E-state index in [0.717, 1.165) is 53.8 Å². The van der Waals surface area contributed by atoms with Crippen molar-refractivity contribution in [2.45, 2.75) is 65.1 Å². The predicted octanol–water partition coefficient (Wildman–Crippen LogP) is 5.44. The minimum atomic E-state index is -0.264. The van der Waals surface area contributed by atoms with E-state index in [4.69, 9.17) is 4.74 Å². The van der Waals surface area contributed by atoms with Crippen molar-refractivity contribution in [2.75, 3.05) is 7.05 Å². The minimum Gasteiger partial charge on any atom is -0.508 e. The Morgan fingerprint density at radius 2 is 1.94 bits per heavy atom. The third-order valence-corrected chi connectivity index (χ3v) is 7.22. The van der Waals surface area contributed by atoms with Gasteiger partial charge in [0.25, 0.3) is 0 Å². The fraction of sp³-hybridized carbons (Fsp3) is 0.464. The van der Waals surface area contributed by atoms with E-state index in [0.29, 0.717) is 12.3 Å². The molecule has 1 saturated carbocycles. The summed E-state index contributed by atoms with van der Waals surface area (Å²) in [6.07, 6.45) is 5.65. The molecular weight excluding hydrogens is 414 g/mol. The van der Waals surface area contributed by atoms with Gasteiger partial charge in [-0.25, -0.2) is 0 Å². The number of aryl methyl sites for hydroxylation is 1. The van der Waals surface area contributed by atoms with Crippen LogP contribution in [0.15, 0.2) is 47.0 Å². The Labute approximate surface area is 196 Å². The summed E-state index contributed by atoms with van der Waals surface area (Å²) in [5.41, 5.74) is 6.25. The van der Waals surface area contributed by atoms with E-state index in [-0.39, 0.29) is 29.6 Å². The monoisotopic (exact) mass is 449 g/mol. The highest BCUT2D eigenvalue weighted by Crippen LogP contribution is 2.51. The van der Waals surface area contributed by atoms with Gasteiger partial charge in [-0.1, -0.05) is 17.7 Å². The van der Waals surface area contributed by atoms with Gasteiger partial charge in [0.1, 0.15) is 23.4 Å². The number of aliphatic hydroxyl groups is 1. The van der Waals surface area contributed by atoms with Crippen LogP contribution in [0, 0.1) is 18.8 Å². The minimum absolute atomic E-state index is 0.0483. The van der Waals surface area contributed by atoms with E-state index in [9.17, 15) is 15.3 Å². The Balaban J connectivity index is 1.60. The van der Waals surface area contributed by atoms with E-state index in [1.165, 1.54) is 17.2 Å². The van der Waals surface area contributed by atoms with Crippen molar-refractivity contribution < 1.29 is 20.1 Å². The second kappa shape index (κ2) is 9.60. The number of nitrogens with zero attached hydrogens (tertiary/aromatic N) is 1. The number of benzene rings is 2. The highest BCUT2D eigenvalue weighted by atomic mass is 16.5. The molecule has 0 spiro atoms. The highest BCUT2D eigenvalue weighted by Gasteiger charge is 2.43. The molecule has 1 unspecified atom stereocenters. The van der Waals surface area contributed by atoms with Crippen LogP contribution in [-0.2, 0) is 12.8 Å². The number of aliphatic imine (C=N–C) groups is 1. The maximum atomic E-state index is 10.5. The van der Waals surface area contributed by atoms with Gasteiger partial charge in [0, 0.05) is 35.9 Å². The highest BCUT2D eigenvalue weighted by molar-refractivity contribution is 5.93. The van der Waals surface area contributed by atoms with E-state index < -0.39 is 0 Å². The zero-order chi connectivity index (χ0) is 23.7. The zero-order valence-corrected chi connectivity index (χ0v) is 20.0. The van der Waals surface area contributed by atoms with Crippen LogP contribution in [0.2, 0.25) is 0 Å². The number of allylic oxidation sites excluding steroid dienone is 2. The number of aromatic hydroxyl groups is 2. The first-order valence-corrected chi connectivity index (χ1v) is 11.8. The smallest absolute Gasteiger partial charge is 0.128 e. The van der Waals surface area contributed by atoms with Crippen molar-refractivity contribution >= 4 is 5.71 Å². The maximum Gasteiger partial charge on any atom is 0.128 e. The first kappa shape index (κ1) is 23.4. The van der Waals surface area contributed by atoms with Crippen LogP contribution in [0.25, 0.3) is 0 Å². The lowest BCUT2D eigenvalue weighted by molar-refractivity contribution is 0.100. The summed E-state index contributed by atoms with van der Waals surface area (Å²) in [6.45, 7) is 6.17. The standard InChI is InChI=1S/C28H35NO4/c1-16(9-18(3)29-4)10-19-5-8-27(17(2)11-19)33-28-23(20-6-7-21(30)12-20)15-24-25(28)13-22(31)14-26(24)32/h5,8-9,11,13-14,20-21,23,28,30-32H,6-7,10,12,15H2,1-4H3/b16-9-,29-18?/t20?,21-,23-,28-/m1/s1. The van der Waals surface area contributed by atoms with Gasteiger partial charge < -0.3 is 20.1 Å². The van der Waals surface area contributed by atoms with Gasteiger partial charge in [0.05, 0.1) is 6.10 Å².